The topological polar surface area (TPSA) is 74.2 Å². The van der Waals surface area contributed by atoms with Gasteiger partial charge in [-0.15, -0.1) is 0 Å². The fraction of sp³-hybridized carbons (Fsp3) is 0.500. The molecule has 132 valence electrons. The molecule has 0 radical (unpaired) electrons. The molecule has 25 heavy (non-hydrogen) atoms. The zero-order chi connectivity index (χ0) is 17.4. The number of aromatic nitrogens is 3. The molecule has 0 aromatic carbocycles. The largest absolute Gasteiger partial charge is 0.347 e. The van der Waals surface area contributed by atoms with Crippen LogP contribution >= 0.6 is 0 Å². The number of amides is 1. The van der Waals surface area contributed by atoms with Crippen molar-refractivity contribution in [1.29, 1.82) is 0 Å². The van der Waals surface area contributed by atoms with Gasteiger partial charge in [-0.2, -0.15) is 0 Å². The van der Waals surface area contributed by atoms with E-state index in [9.17, 15) is 9.59 Å². The van der Waals surface area contributed by atoms with Crippen LogP contribution < -0.4 is 10.5 Å². The number of H-pyrrole nitrogens is 1. The second kappa shape index (κ2) is 6.38. The third kappa shape index (κ3) is 3.06. The fourth-order valence-corrected chi connectivity index (χ4v) is 3.78. The highest BCUT2D eigenvalue weighted by Gasteiger charge is 2.30. The average Bonchev–Trinajstić information content (AvgIpc) is 3.35. The quantitative estimate of drug-likeness (QED) is 0.914. The lowest BCUT2D eigenvalue weighted by Crippen LogP contribution is -2.30. The van der Waals surface area contributed by atoms with Crippen LogP contribution in [0.4, 0.5) is 5.95 Å². The van der Waals surface area contributed by atoms with Gasteiger partial charge < -0.3 is 14.4 Å². The average molecular weight is 341 g/mol. The Bertz CT molecular complexity index is 834. The molecule has 2 saturated heterocycles. The van der Waals surface area contributed by atoms with Crippen LogP contribution in [0.5, 0.6) is 0 Å². The van der Waals surface area contributed by atoms with Crippen molar-refractivity contribution < 1.29 is 4.79 Å². The van der Waals surface area contributed by atoms with Crippen molar-refractivity contribution in [2.45, 2.75) is 25.2 Å². The highest BCUT2D eigenvalue weighted by atomic mass is 16.2. The maximum Gasteiger partial charge on any atom is 0.270 e. The summed E-state index contributed by atoms with van der Waals surface area (Å²) in [7, 11) is 1.88. The Labute approximate surface area is 146 Å². The summed E-state index contributed by atoms with van der Waals surface area (Å²) in [5.74, 6) is 0.833. The molecular weight excluding hydrogens is 318 g/mol. The number of carbonyl (C=O) groups is 1. The Balaban J connectivity index is 1.52. The zero-order valence-electron chi connectivity index (χ0n) is 14.4. The van der Waals surface area contributed by atoms with E-state index in [0.717, 1.165) is 38.0 Å². The lowest BCUT2D eigenvalue weighted by Gasteiger charge is -2.19. The SMILES string of the molecule is Cn1cccc1C(=O)N1CCC(c2cc(=O)[nH]c(N3CCCC3)n2)C1. The molecule has 4 heterocycles. The predicted molar refractivity (Wildman–Crippen MR) is 95.0 cm³/mol. The minimum Gasteiger partial charge on any atom is -0.347 e. The van der Waals surface area contributed by atoms with E-state index in [4.69, 9.17) is 4.98 Å². The van der Waals surface area contributed by atoms with Gasteiger partial charge in [-0.25, -0.2) is 4.98 Å². The van der Waals surface area contributed by atoms with Gasteiger partial charge in [0.25, 0.3) is 11.5 Å². The summed E-state index contributed by atoms with van der Waals surface area (Å²) < 4.78 is 1.84. The zero-order valence-corrected chi connectivity index (χ0v) is 14.4. The Morgan fingerprint density at radius 1 is 1.28 bits per heavy atom. The number of aryl methyl sites for hydroxylation is 1. The van der Waals surface area contributed by atoms with Crippen molar-refractivity contribution in [2.24, 2.45) is 7.05 Å². The molecule has 7 nitrogen and oxygen atoms in total. The fourth-order valence-electron chi connectivity index (χ4n) is 3.78. The van der Waals surface area contributed by atoms with E-state index in [-0.39, 0.29) is 17.4 Å². The highest BCUT2D eigenvalue weighted by Crippen LogP contribution is 2.27. The molecule has 2 aromatic rings. The van der Waals surface area contributed by atoms with Crippen LogP contribution in [0.15, 0.2) is 29.2 Å². The number of hydrogen-bond acceptors (Lipinski definition) is 4. The number of rotatable bonds is 3. The third-order valence-electron chi connectivity index (χ3n) is 5.21. The van der Waals surface area contributed by atoms with Crippen LogP contribution in [0.3, 0.4) is 0 Å². The molecule has 1 amide bonds. The summed E-state index contributed by atoms with van der Waals surface area (Å²) in [6, 6.07) is 5.30. The number of likely N-dealkylation sites (tertiary alicyclic amines) is 1. The van der Waals surface area contributed by atoms with E-state index in [0.29, 0.717) is 24.7 Å². The van der Waals surface area contributed by atoms with Gasteiger partial charge in [0.1, 0.15) is 5.69 Å². The van der Waals surface area contributed by atoms with Gasteiger partial charge in [0, 0.05) is 51.4 Å². The number of nitrogens with zero attached hydrogens (tertiary/aromatic N) is 4. The minimum absolute atomic E-state index is 0.0413. The standard InChI is InChI=1S/C18H23N5O2/c1-21-7-4-5-15(21)17(25)23-10-6-13(12-23)14-11-16(24)20-18(19-14)22-8-2-3-9-22/h4-5,7,11,13H,2-3,6,8-10,12H2,1H3,(H,19,20,24). The monoisotopic (exact) mass is 341 g/mol. The van der Waals surface area contributed by atoms with Crippen molar-refractivity contribution in [1.82, 2.24) is 19.4 Å². The molecule has 4 rings (SSSR count). The maximum atomic E-state index is 12.7. The molecular formula is C18H23N5O2. The van der Waals surface area contributed by atoms with Crippen LogP contribution in [0.25, 0.3) is 0 Å². The Kier molecular flexibility index (Phi) is 4.07. The van der Waals surface area contributed by atoms with Gasteiger partial charge in [-0.05, 0) is 31.4 Å². The van der Waals surface area contributed by atoms with Gasteiger partial charge in [0.05, 0.1) is 5.69 Å². The number of nitrogens with one attached hydrogen (secondary N) is 1. The van der Waals surface area contributed by atoms with Crippen molar-refractivity contribution in [3.63, 3.8) is 0 Å². The number of anilines is 1. The highest BCUT2D eigenvalue weighted by molar-refractivity contribution is 5.93. The molecule has 1 atom stereocenters. The molecule has 1 N–H and O–H groups in total. The molecule has 2 aromatic heterocycles. The second-order valence-corrected chi connectivity index (χ2v) is 6.93. The second-order valence-electron chi connectivity index (χ2n) is 6.93. The smallest absolute Gasteiger partial charge is 0.270 e. The van der Waals surface area contributed by atoms with Crippen molar-refractivity contribution in [2.75, 3.05) is 31.1 Å². The van der Waals surface area contributed by atoms with Crippen LogP contribution in [-0.2, 0) is 7.05 Å². The Morgan fingerprint density at radius 2 is 2.08 bits per heavy atom. The van der Waals surface area contributed by atoms with Gasteiger partial charge in [0.15, 0.2) is 0 Å². The summed E-state index contributed by atoms with van der Waals surface area (Å²) in [4.78, 5) is 36.3. The Hall–Kier alpha value is -2.57. The molecule has 1 unspecified atom stereocenters. The number of carbonyl (C=O) groups excluding carboxylic acids is 1. The molecule has 0 bridgehead atoms. The first-order valence-corrected chi connectivity index (χ1v) is 8.88. The molecule has 0 aliphatic carbocycles. The van der Waals surface area contributed by atoms with Crippen LogP contribution in [0, 0.1) is 0 Å². The van der Waals surface area contributed by atoms with Crippen LogP contribution in [0.2, 0.25) is 0 Å². The van der Waals surface area contributed by atoms with Crippen molar-refractivity contribution >= 4 is 11.9 Å². The summed E-state index contributed by atoms with van der Waals surface area (Å²) >= 11 is 0. The van der Waals surface area contributed by atoms with E-state index in [1.165, 1.54) is 0 Å². The molecule has 0 saturated carbocycles. The van der Waals surface area contributed by atoms with Crippen molar-refractivity contribution in [3.8, 4) is 0 Å². The third-order valence-corrected chi connectivity index (χ3v) is 5.21. The van der Waals surface area contributed by atoms with E-state index < -0.39 is 0 Å². The first-order chi connectivity index (χ1) is 12.1. The molecule has 2 aliphatic rings. The van der Waals surface area contributed by atoms with Gasteiger partial charge in [0.2, 0.25) is 5.95 Å². The predicted octanol–water partition coefficient (Wildman–Crippen LogP) is 1.34. The Morgan fingerprint density at radius 3 is 2.80 bits per heavy atom. The van der Waals surface area contributed by atoms with Gasteiger partial charge >= 0.3 is 0 Å². The van der Waals surface area contributed by atoms with Crippen molar-refractivity contribution in [3.05, 3.63) is 46.1 Å². The molecule has 2 fully saturated rings. The lowest BCUT2D eigenvalue weighted by molar-refractivity contribution is 0.0781. The van der Waals surface area contributed by atoms with Crippen LogP contribution in [0.1, 0.15) is 41.4 Å². The lowest BCUT2D eigenvalue weighted by atomic mass is 10.1. The number of aromatic amines is 1. The van der Waals surface area contributed by atoms with E-state index in [2.05, 4.69) is 9.88 Å². The summed E-state index contributed by atoms with van der Waals surface area (Å²) in [5.41, 5.74) is 1.38. The van der Waals surface area contributed by atoms with Gasteiger partial charge in [-0.3, -0.25) is 14.6 Å². The first-order valence-electron chi connectivity index (χ1n) is 8.88. The minimum atomic E-state index is -0.112. The van der Waals surface area contributed by atoms with E-state index in [1.807, 2.05) is 34.8 Å². The van der Waals surface area contributed by atoms with Crippen LogP contribution in [-0.4, -0.2) is 51.5 Å². The van der Waals surface area contributed by atoms with E-state index >= 15 is 0 Å². The number of hydrogen-bond donors (Lipinski definition) is 1. The molecule has 0 spiro atoms. The summed E-state index contributed by atoms with van der Waals surface area (Å²) in [5, 5.41) is 0. The summed E-state index contributed by atoms with van der Waals surface area (Å²) in [6.07, 6.45) is 4.99. The summed E-state index contributed by atoms with van der Waals surface area (Å²) in [6.45, 7) is 3.19. The van der Waals surface area contributed by atoms with Gasteiger partial charge in [-0.1, -0.05) is 0 Å². The normalized spacial score (nSPS) is 20.4. The van der Waals surface area contributed by atoms with E-state index in [1.54, 1.807) is 6.07 Å². The first kappa shape index (κ1) is 15.9. The molecule has 7 heteroatoms. The molecule has 2 aliphatic heterocycles. The maximum absolute atomic E-state index is 12.7.